The number of aryl methyl sites for hydroxylation is 3. The fourth-order valence-electron chi connectivity index (χ4n) is 1.54. The molecular formula is C11H17Cl3Ti. The Hall–Kier alpha value is 0.934. The second kappa shape index (κ2) is 13.0. The van der Waals surface area contributed by atoms with Crippen molar-refractivity contribution in [2.24, 2.45) is 0 Å². The molecule has 0 nitrogen and oxygen atoms in total. The molecule has 0 aliphatic rings. The minimum Gasteiger partial charge on any atom is -1.00 e. The Morgan fingerprint density at radius 1 is 1.00 bits per heavy atom. The van der Waals surface area contributed by atoms with Crippen molar-refractivity contribution in [3.05, 3.63) is 28.8 Å². The van der Waals surface area contributed by atoms with Crippen molar-refractivity contribution in [2.45, 2.75) is 40.0 Å². The SMILES string of the molecule is CCc1cc(CC)[c-](CC)c1.[Cl-].[Cl-].[Cl-].[Ti+4]. The van der Waals surface area contributed by atoms with Gasteiger partial charge in [-0.3, -0.25) is 0 Å². The van der Waals surface area contributed by atoms with Crippen molar-refractivity contribution >= 4 is 0 Å². The minimum absolute atomic E-state index is 0. The first-order valence-corrected chi connectivity index (χ1v) is 4.59. The average Bonchev–Trinajstić information content (AvgIpc) is 2.46. The van der Waals surface area contributed by atoms with E-state index in [-0.39, 0.29) is 58.9 Å². The van der Waals surface area contributed by atoms with Crippen LogP contribution >= 0.6 is 0 Å². The number of rotatable bonds is 3. The van der Waals surface area contributed by atoms with Crippen LogP contribution in [-0.2, 0) is 41.0 Å². The van der Waals surface area contributed by atoms with Crippen LogP contribution in [0, 0.1) is 0 Å². The van der Waals surface area contributed by atoms with Crippen LogP contribution in [0.1, 0.15) is 37.5 Å². The van der Waals surface area contributed by atoms with Gasteiger partial charge in [0.05, 0.1) is 0 Å². The quantitative estimate of drug-likeness (QED) is 0.385. The van der Waals surface area contributed by atoms with Gasteiger partial charge in [0.25, 0.3) is 0 Å². The Bertz CT molecular complexity index is 212. The van der Waals surface area contributed by atoms with Gasteiger partial charge >= 0.3 is 21.7 Å². The van der Waals surface area contributed by atoms with Crippen molar-refractivity contribution in [3.63, 3.8) is 0 Å². The number of hydrogen-bond donors (Lipinski definition) is 0. The number of halogens is 3. The summed E-state index contributed by atoms with van der Waals surface area (Å²) >= 11 is 0. The molecule has 1 aromatic carbocycles. The topological polar surface area (TPSA) is 0 Å². The largest absolute Gasteiger partial charge is 4.00 e. The second-order valence-corrected chi connectivity index (χ2v) is 2.97. The molecule has 0 fully saturated rings. The number of hydrogen-bond acceptors (Lipinski definition) is 0. The van der Waals surface area contributed by atoms with E-state index in [0.717, 1.165) is 0 Å². The molecule has 1 aromatic rings. The van der Waals surface area contributed by atoms with Crippen LogP contribution in [0.25, 0.3) is 0 Å². The summed E-state index contributed by atoms with van der Waals surface area (Å²) < 4.78 is 0. The molecule has 0 aliphatic heterocycles. The summed E-state index contributed by atoms with van der Waals surface area (Å²) in [6.07, 6.45) is 3.54. The fourth-order valence-corrected chi connectivity index (χ4v) is 1.54. The molecule has 0 N–H and O–H groups in total. The van der Waals surface area contributed by atoms with Gasteiger partial charge in [0.1, 0.15) is 0 Å². The Balaban J connectivity index is -0.000000151. The summed E-state index contributed by atoms with van der Waals surface area (Å²) in [4.78, 5) is 0. The van der Waals surface area contributed by atoms with Crippen LogP contribution in [0.5, 0.6) is 0 Å². The van der Waals surface area contributed by atoms with Crippen molar-refractivity contribution < 1.29 is 58.9 Å². The van der Waals surface area contributed by atoms with Crippen molar-refractivity contribution in [2.75, 3.05) is 0 Å². The molecule has 0 bridgehead atoms. The van der Waals surface area contributed by atoms with Gasteiger partial charge in [-0.05, 0) is 0 Å². The first kappa shape index (κ1) is 25.0. The standard InChI is InChI=1S/C11H17.3ClH.Ti/c1-4-9-7-10(5-2)11(6-3)8-9;;;;/h7-8H,4-6H2,1-3H3;3*1H;/q-1;;;;+4/p-3. The smallest absolute Gasteiger partial charge is 1.00 e. The monoisotopic (exact) mass is 302 g/mol. The fraction of sp³-hybridized carbons (Fsp3) is 0.545. The maximum absolute atomic E-state index is 2.35. The Morgan fingerprint density at radius 2 is 1.53 bits per heavy atom. The third-order valence-corrected chi connectivity index (χ3v) is 2.30. The summed E-state index contributed by atoms with van der Waals surface area (Å²) in [6, 6.07) is 4.69. The molecule has 0 radical (unpaired) electrons. The van der Waals surface area contributed by atoms with Gasteiger partial charge < -0.3 is 37.2 Å². The molecule has 0 aliphatic carbocycles. The molecule has 86 valence electrons. The van der Waals surface area contributed by atoms with Gasteiger partial charge in [0.15, 0.2) is 0 Å². The van der Waals surface area contributed by atoms with Crippen LogP contribution in [0.3, 0.4) is 0 Å². The van der Waals surface area contributed by atoms with Gasteiger partial charge in [0.2, 0.25) is 0 Å². The molecule has 0 heterocycles. The summed E-state index contributed by atoms with van der Waals surface area (Å²) in [7, 11) is 0. The molecule has 15 heavy (non-hydrogen) atoms. The van der Waals surface area contributed by atoms with Crippen molar-refractivity contribution in [1.82, 2.24) is 0 Å². The molecule has 0 saturated heterocycles. The predicted molar refractivity (Wildman–Crippen MR) is 50.2 cm³/mol. The van der Waals surface area contributed by atoms with E-state index in [1.165, 1.54) is 24.8 Å². The predicted octanol–water partition coefficient (Wildman–Crippen LogP) is -5.90. The zero-order valence-corrected chi connectivity index (χ0v) is 13.2. The zero-order valence-electron chi connectivity index (χ0n) is 9.41. The molecule has 0 amide bonds. The minimum atomic E-state index is 0. The maximum atomic E-state index is 2.35. The van der Waals surface area contributed by atoms with E-state index in [4.69, 9.17) is 0 Å². The summed E-state index contributed by atoms with van der Waals surface area (Å²) in [5.41, 5.74) is 4.59. The summed E-state index contributed by atoms with van der Waals surface area (Å²) in [6.45, 7) is 6.68. The van der Waals surface area contributed by atoms with Crippen LogP contribution in [0.2, 0.25) is 0 Å². The van der Waals surface area contributed by atoms with Gasteiger partial charge in [-0.25, -0.2) is 6.07 Å². The zero-order chi connectivity index (χ0) is 8.27. The van der Waals surface area contributed by atoms with Gasteiger partial charge in [-0.15, -0.1) is 0 Å². The average molecular weight is 303 g/mol. The van der Waals surface area contributed by atoms with Gasteiger partial charge in [0, 0.05) is 0 Å². The van der Waals surface area contributed by atoms with Crippen LogP contribution in [0.15, 0.2) is 12.1 Å². The van der Waals surface area contributed by atoms with E-state index in [1.807, 2.05) is 0 Å². The Morgan fingerprint density at radius 3 is 1.80 bits per heavy atom. The Labute approximate surface area is 127 Å². The molecule has 1 rings (SSSR count). The summed E-state index contributed by atoms with van der Waals surface area (Å²) in [5, 5.41) is 0. The van der Waals surface area contributed by atoms with Crippen LogP contribution in [-0.4, -0.2) is 0 Å². The van der Waals surface area contributed by atoms with E-state index >= 15 is 0 Å². The van der Waals surface area contributed by atoms with E-state index in [9.17, 15) is 0 Å². The summed E-state index contributed by atoms with van der Waals surface area (Å²) in [5.74, 6) is 0. The first-order valence-electron chi connectivity index (χ1n) is 4.59. The van der Waals surface area contributed by atoms with E-state index in [1.54, 1.807) is 11.1 Å². The second-order valence-electron chi connectivity index (χ2n) is 2.97. The van der Waals surface area contributed by atoms with Gasteiger partial charge in [-0.1, -0.05) is 40.0 Å². The van der Waals surface area contributed by atoms with Crippen LogP contribution < -0.4 is 37.2 Å². The molecule has 0 saturated carbocycles. The first-order chi connectivity index (χ1) is 5.31. The van der Waals surface area contributed by atoms with E-state index < -0.39 is 0 Å². The third-order valence-electron chi connectivity index (χ3n) is 2.30. The molecule has 0 unspecified atom stereocenters. The molecule has 0 atom stereocenters. The van der Waals surface area contributed by atoms with Crippen molar-refractivity contribution in [1.29, 1.82) is 0 Å². The third kappa shape index (κ3) is 6.97. The van der Waals surface area contributed by atoms with E-state index in [0.29, 0.717) is 0 Å². The van der Waals surface area contributed by atoms with Crippen LogP contribution in [0.4, 0.5) is 0 Å². The molecule has 0 aromatic heterocycles. The Kier molecular flexibility index (Phi) is 21.6. The molecular weight excluding hydrogens is 286 g/mol. The molecule has 4 heteroatoms. The maximum Gasteiger partial charge on any atom is 4.00 e. The normalized spacial score (nSPS) is 7.67. The van der Waals surface area contributed by atoms with Gasteiger partial charge in [-0.2, -0.15) is 22.8 Å². The van der Waals surface area contributed by atoms with E-state index in [2.05, 4.69) is 32.9 Å². The molecule has 0 spiro atoms. The van der Waals surface area contributed by atoms with Crippen molar-refractivity contribution in [3.8, 4) is 0 Å².